The normalized spacial score (nSPS) is 18.9. The zero-order chi connectivity index (χ0) is 13.4. The second-order valence-corrected chi connectivity index (χ2v) is 6.40. The summed E-state index contributed by atoms with van der Waals surface area (Å²) in [7, 11) is 2.22. The van der Waals surface area contributed by atoms with Crippen LogP contribution in [0.1, 0.15) is 51.9 Å². The number of hydrogen-bond acceptors (Lipinski definition) is 2. The van der Waals surface area contributed by atoms with Crippen LogP contribution in [0.25, 0.3) is 0 Å². The average molecular weight is 319 g/mol. The van der Waals surface area contributed by atoms with Crippen LogP contribution in [0.3, 0.4) is 0 Å². The first kappa shape index (κ1) is 16.0. The number of halogens is 1. The van der Waals surface area contributed by atoms with Gasteiger partial charge in [0.15, 0.2) is 0 Å². The molecule has 0 aromatic heterocycles. The van der Waals surface area contributed by atoms with E-state index in [1.54, 1.807) is 0 Å². The molecule has 0 aromatic carbocycles. The number of carbonyl (C=O) groups excluding carboxylic acids is 1. The molecule has 1 aliphatic rings. The van der Waals surface area contributed by atoms with Crippen LogP contribution in [0, 0.1) is 0 Å². The first-order valence-corrected chi connectivity index (χ1v) is 8.18. The van der Waals surface area contributed by atoms with Crippen LogP contribution in [0.15, 0.2) is 0 Å². The van der Waals surface area contributed by atoms with Crippen molar-refractivity contribution < 1.29 is 4.79 Å². The Morgan fingerprint density at radius 2 is 2.06 bits per heavy atom. The number of amides is 1. The summed E-state index contributed by atoms with van der Waals surface area (Å²) in [4.78, 5) is 14.0. The largest absolute Gasteiger partial charge is 0.355 e. The molecule has 1 aliphatic carbocycles. The van der Waals surface area contributed by atoms with E-state index in [0.29, 0.717) is 0 Å². The fourth-order valence-electron chi connectivity index (χ4n) is 2.54. The van der Waals surface area contributed by atoms with E-state index in [0.717, 1.165) is 32.0 Å². The van der Waals surface area contributed by atoms with E-state index in [2.05, 4.69) is 33.2 Å². The number of alkyl halides is 1. The molecular formula is C14H27BrN2O. The van der Waals surface area contributed by atoms with Gasteiger partial charge >= 0.3 is 0 Å². The molecule has 4 heteroatoms. The maximum atomic E-state index is 11.5. The van der Waals surface area contributed by atoms with Gasteiger partial charge in [0, 0.05) is 12.6 Å². The van der Waals surface area contributed by atoms with Crippen LogP contribution in [0.2, 0.25) is 0 Å². The molecule has 0 saturated heterocycles. The van der Waals surface area contributed by atoms with Gasteiger partial charge in [0.25, 0.3) is 0 Å². The lowest BCUT2D eigenvalue weighted by molar-refractivity contribution is -0.120. The van der Waals surface area contributed by atoms with Crippen molar-refractivity contribution in [1.29, 1.82) is 0 Å². The highest BCUT2D eigenvalue weighted by Crippen LogP contribution is 2.21. The van der Waals surface area contributed by atoms with Gasteiger partial charge in [-0.3, -0.25) is 4.79 Å². The van der Waals surface area contributed by atoms with Gasteiger partial charge in [-0.2, -0.15) is 0 Å². The predicted octanol–water partition coefficient (Wildman–Crippen LogP) is 2.93. The summed E-state index contributed by atoms with van der Waals surface area (Å²) in [6.45, 7) is 3.89. The summed E-state index contributed by atoms with van der Waals surface area (Å²) >= 11 is 3.36. The zero-order valence-electron chi connectivity index (χ0n) is 11.8. The van der Waals surface area contributed by atoms with E-state index in [9.17, 15) is 4.79 Å². The van der Waals surface area contributed by atoms with Crippen LogP contribution in [-0.2, 0) is 4.79 Å². The van der Waals surface area contributed by atoms with Crippen molar-refractivity contribution in [3.63, 3.8) is 0 Å². The molecule has 0 bridgehead atoms. The molecule has 0 aromatic rings. The van der Waals surface area contributed by atoms with Gasteiger partial charge in [0.2, 0.25) is 5.91 Å². The fraction of sp³-hybridized carbons (Fsp3) is 0.929. The summed E-state index contributed by atoms with van der Waals surface area (Å²) < 4.78 is 0. The second-order valence-electron chi connectivity index (χ2n) is 5.29. The molecule has 0 spiro atoms. The Morgan fingerprint density at radius 3 is 2.67 bits per heavy atom. The Kier molecular flexibility index (Phi) is 7.91. The summed E-state index contributed by atoms with van der Waals surface area (Å²) in [5.41, 5.74) is 0. The minimum absolute atomic E-state index is 0.0337. The van der Waals surface area contributed by atoms with Crippen molar-refractivity contribution in [2.45, 2.75) is 62.7 Å². The first-order chi connectivity index (χ1) is 8.65. The maximum Gasteiger partial charge on any atom is 0.233 e. The van der Waals surface area contributed by atoms with Gasteiger partial charge < -0.3 is 10.2 Å². The van der Waals surface area contributed by atoms with Crippen LogP contribution < -0.4 is 5.32 Å². The minimum Gasteiger partial charge on any atom is -0.355 e. The molecule has 1 unspecified atom stereocenters. The van der Waals surface area contributed by atoms with Crippen molar-refractivity contribution in [3.05, 3.63) is 0 Å². The molecule has 1 amide bonds. The molecule has 3 nitrogen and oxygen atoms in total. The Bertz CT molecular complexity index is 242. The molecule has 1 fully saturated rings. The van der Waals surface area contributed by atoms with Gasteiger partial charge in [-0.15, -0.1) is 0 Å². The SMILES string of the molecule is CCC(Br)C(=O)NCCCN(C)C1CCCCC1. The third-order valence-electron chi connectivity index (χ3n) is 3.83. The number of carbonyl (C=O) groups is 1. The fourth-order valence-corrected chi connectivity index (χ4v) is 2.70. The van der Waals surface area contributed by atoms with Crippen molar-refractivity contribution in [1.82, 2.24) is 10.2 Å². The van der Waals surface area contributed by atoms with E-state index in [-0.39, 0.29) is 10.7 Å². The minimum atomic E-state index is -0.0337. The number of nitrogens with one attached hydrogen (secondary N) is 1. The molecule has 106 valence electrons. The maximum absolute atomic E-state index is 11.5. The van der Waals surface area contributed by atoms with Gasteiger partial charge in [-0.1, -0.05) is 42.1 Å². The lowest BCUT2D eigenvalue weighted by Gasteiger charge is -2.31. The van der Waals surface area contributed by atoms with Gasteiger partial charge in [-0.25, -0.2) is 0 Å². The second kappa shape index (κ2) is 8.92. The topological polar surface area (TPSA) is 32.3 Å². The lowest BCUT2D eigenvalue weighted by Crippen LogP contribution is -2.37. The summed E-state index contributed by atoms with van der Waals surface area (Å²) in [5, 5.41) is 2.98. The highest BCUT2D eigenvalue weighted by Gasteiger charge is 2.17. The van der Waals surface area contributed by atoms with Crippen LogP contribution in [0.4, 0.5) is 0 Å². The lowest BCUT2D eigenvalue weighted by atomic mass is 9.94. The van der Waals surface area contributed by atoms with Crippen LogP contribution in [0.5, 0.6) is 0 Å². The Balaban J connectivity index is 2.08. The molecule has 1 atom stereocenters. The predicted molar refractivity (Wildman–Crippen MR) is 80.1 cm³/mol. The van der Waals surface area contributed by atoms with Crippen LogP contribution in [-0.4, -0.2) is 41.8 Å². The molecule has 0 heterocycles. The number of hydrogen-bond donors (Lipinski definition) is 1. The average Bonchev–Trinajstić information content (AvgIpc) is 2.43. The quantitative estimate of drug-likeness (QED) is 0.578. The zero-order valence-corrected chi connectivity index (χ0v) is 13.3. The van der Waals surface area contributed by atoms with Crippen LogP contribution >= 0.6 is 15.9 Å². The van der Waals surface area contributed by atoms with E-state index in [4.69, 9.17) is 0 Å². The third-order valence-corrected chi connectivity index (χ3v) is 4.89. The third kappa shape index (κ3) is 5.70. The molecule has 1 saturated carbocycles. The van der Waals surface area contributed by atoms with E-state index in [1.807, 2.05) is 6.92 Å². The summed E-state index contributed by atoms with van der Waals surface area (Å²) in [6.07, 6.45) is 8.76. The highest BCUT2D eigenvalue weighted by atomic mass is 79.9. The first-order valence-electron chi connectivity index (χ1n) is 7.27. The molecule has 1 rings (SSSR count). The van der Waals surface area contributed by atoms with E-state index < -0.39 is 0 Å². The summed E-state index contributed by atoms with van der Waals surface area (Å²) in [6, 6.07) is 0.772. The Labute approximate surface area is 120 Å². The molecule has 18 heavy (non-hydrogen) atoms. The van der Waals surface area contributed by atoms with Gasteiger partial charge in [0.05, 0.1) is 4.83 Å². The van der Waals surface area contributed by atoms with Gasteiger partial charge in [-0.05, 0) is 39.3 Å². The smallest absolute Gasteiger partial charge is 0.233 e. The Morgan fingerprint density at radius 1 is 1.39 bits per heavy atom. The molecule has 0 radical (unpaired) electrons. The van der Waals surface area contributed by atoms with Crippen molar-refractivity contribution in [2.24, 2.45) is 0 Å². The van der Waals surface area contributed by atoms with E-state index >= 15 is 0 Å². The standard InChI is InChI=1S/C14H27BrN2O/c1-3-13(15)14(18)16-10-7-11-17(2)12-8-5-4-6-9-12/h12-13H,3-11H2,1-2H3,(H,16,18). The number of rotatable bonds is 7. The molecule has 1 N–H and O–H groups in total. The molecular weight excluding hydrogens is 292 g/mol. The summed E-state index contributed by atoms with van der Waals surface area (Å²) in [5.74, 6) is 0.123. The molecule has 0 aliphatic heterocycles. The highest BCUT2D eigenvalue weighted by molar-refractivity contribution is 9.10. The van der Waals surface area contributed by atoms with Crippen molar-refractivity contribution in [2.75, 3.05) is 20.1 Å². The number of nitrogens with zero attached hydrogens (tertiary/aromatic N) is 1. The monoisotopic (exact) mass is 318 g/mol. The van der Waals surface area contributed by atoms with Gasteiger partial charge in [0.1, 0.15) is 0 Å². The Hall–Kier alpha value is -0.0900. The van der Waals surface area contributed by atoms with Crippen molar-refractivity contribution >= 4 is 21.8 Å². The van der Waals surface area contributed by atoms with Crippen molar-refractivity contribution in [3.8, 4) is 0 Å². The van der Waals surface area contributed by atoms with E-state index in [1.165, 1.54) is 32.1 Å².